The van der Waals surface area contributed by atoms with Crippen LogP contribution in [0.1, 0.15) is 42.6 Å². The lowest BCUT2D eigenvalue weighted by Crippen LogP contribution is -2.32. The highest BCUT2D eigenvalue weighted by Crippen LogP contribution is 2.30. The Morgan fingerprint density at radius 2 is 1.68 bits per heavy atom. The van der Waals surface area contributed by atoms with E-state index in [4.69, 9.17) is 4.84 Å². The van der Waals surface area contributed by atoms with Crippen LogP contribution < -0.4 is 0 Å². The maximum absolute atomic E-state index is 13.2. The fraction of sp³-hybridized carbons (Fsp3) is 0.118. The van der Waals surface area contributed by atoms with Crippen LogP contribution in [-0.2, 0) is 11.0 Å². The molecule has 0 unspecified atom stereocenters. The molecule has 4 rings (SSSR count). The number of benzene rings is 1. The van der Waals surface area contributed by atoms with Crippen molar-refractivity contribution in [2.45, 2.75) is 13.1 Å². The topological polar surface area (TPSA) is 93.9 Å². The molecule has 8 nitrogen and oxygen atoms in total. The van der Waals surface area contributed by atoms with E-state index in [0.717, 1.165) is 12.1 Å². The van der Waals surface area contributed by atoms with Gasteiger partial charge in [0.15, 0.2) is 11.3 Å². The fourth-order valence-corrected chi connectivity index (χ4v) is 2.78. The van der Waals surface area contributed by atoms with Crippen LogP contribution in [0, 0.1) is 6.92 Å². The molecule has 0 N–H and O–H groups in total. The highest BCUT2D eigenvalue weighted by molar-refractivity contribution is 6.21. The number of alkyl halides is 3. The number of rotatable bonds is 2. The number of fused-ring (bicyclic) bond motifs is 2. The molecule has 1 aliphatic rings. The number of hydrogen-bond donors (Lipinski definition) is 0. The minimum atomic E-state index is -4.73. The molecular weight excluding hydrogens is 381 g/mol. The van der Waals surface area contributed by atoms with Gasteiger partial charge in [0, 0.05) is 11.8 Å². The van der Waals surface area contributed by atoms with Crippen LogP contribution in [0.3, 0.4) is 0 Å². The Morgan fingerprint density at radius 3 is 2.25 bits per heavy atom. The Hall–Kier alpha value is -3.76. The minimum Gasteiger partial charge on any atom is -0.322 e. The molecule has 0 atom stereocenters. The average Bonchev–Trinajstić information content (AvgIpc) is 3.16. The smallest absolute Gasteiger partial charge is 0.322 e. The van der Waals surface area contributed by atoms with Gasteiger partial charge in [-0.2, -0.15) is 18.3 Å². The Bertz CT molecular complexity index is 1130. The zero-order valence-corrected chi connectivity index (χ0v) is 14.0. The lowest BCUT2D eigenvalue weighted by Gasteiger charge is -2.11. The van der Waals surface area contributed by atoms with E-state index < -0.39 is 35.3 Å². The van der Waals surface area contributed by atoms with Crippen LogP contribution in [-0.4, -0.2) is 37.4 Å². The van der Waals surface area contributed by atoms with Gasteiger partial charge in [0.1, 0.15) is 5.69 Å². The molecular formula is C17H9F3N4O4. The molecule has 2 aromatic heterocycles. The number of carbonyl (C=O) groups is 3. The predicted molar refractivity (Wildman–Crippen MR) is 85.1 cm³/mol. The van der Waals surface area contributed by atoms with E-state index in [9.17, 15) is 27.6 Å². The second kappa shape index (κ2) is 5.87. The number of amides is 2. The number of hydroxylamine groups is 2. The lowest BCUT2D eigenvalue weighted by atomic mass is 10.1. The van der Waals surface area contributed by atoms with Crippen molar-refractivity contribution in [3.8, 4) is 0 Å². The Morgan fingerprint density at radius 1 is 1.07 bits per heavy atom. The summed E-state index contributed by atoms with van der Waals surface area (Å²) in [7, 11) is 0. The van der Waals surface area contributed by atoms with Crippen LogP contribution in [0.5, 0.6) is 0 Å². The minimum absolute atomic E-state index is 0.0481. The summed E-state index contributed by atoms with van der Waals surface area (Å²) in [5, 5.41) is 3.82. The van der Waals surface area contributed by atoms with E-state index in [1.54, 1.807) is 0 Å². The molecule has 0 aliphatic carbocycles. The van der Waals surface area contributed by atoms with Crippen molar-refractivity contribution in [1.82, 2.24) is 19.7 Å². The first-order valence-electron chi connectivity index (χ1n) is 7.81. The third kappa shape index (κ3) is 2.68. The maximum Gasteiger partial charge on any atom is 0.433 e. The van der Waals surface area contributed by atoms with Gasteiger partial charge < -0.3 is 4.84 Å². The summed E-state index contributed by atoms with van der Waals surface area (Å²) in [5.41, 5.74) is -1.74. The number of aromatic nitrogens is 3. The van der Waals surface area contributed by atoms with Crippen molar-refractivity contribution in [2.24, 2.45) is 0 Å². The molecule has 1 aliphatic heterocycles. The van der Waals surface area contributed by atoms with E-state index in [1.807, 2.05) is 0 Å². The molecule has 2 amide bonds. The number of carbonyl (C=O) groups excluding carboxylic acids is 3. The molecule has 0 saturated heterocycles. The molecule has 0 fully saturated rings. The molecule has 28 heavy (non-hydrogen) atoms. The van der Waals surface area contributed by atoms with Crippen molar-refractivity contribution in [2.75, 3.05) is 0 Å². The molecule has 0 radical (unpaired) electrons. The van der Waals surface area contributed by atoms with E-state index in [2.05, 4.69) is 10.1 Å². The SMILES string of the molecule is Cc1cc(C(F)(F)F)n2nc(C(=O)ON3C(=O)c4ccccc4C3=O)cc2n1. The normalized spacial score (nSPS) is 13.9. The third-order valence-electron chi connectivity index (χ3n) is 3.99. The van der Waals surface area contributed by atoms with Crippen molar-refractivity contribution < 1.29 is 32.4 Å². The van der Waals surface area contributed by atoms with Crippen LogP contribution >= 0.6 is 0 Å². The second-order valence-corrected chi connectivity index (χ2v) is 5.91. The molecule has 1 aromatic carbocycles. The van der Waals surface area contributed by atoms with E-state index in [1.165, 1.54) is 31.2 Å². The number of hydrogen-bond acceptors (Lipinski definition) is 6. The van der Waals surface area contributed by atoms with E-state index >= 15 is 0 Å². The summed E-state index contributed by atoms with van der Waals surface area (Å²) in [6, 6.07) is 7.59. The van der Waals surface area contributed by atoms with Gasteiger partial charge >= 0.3 is 12.1 Å². The Balaban J connectivity index is 1.67. The number of aryl methyl sites for hydroxylation is 1. The predicted octanol–water partition coefficient (Wildman–Crippen LogP) is 2.42. The van der Waals surface area contributed by atoms with Gasteiger partial charge in [-0.15, -0.1) is 0 Å². The fourth-order valence-electron chi connectivity index (χ4n) is 2.78. The van der Waals surface area contributed by atoms with Crippen molar-refractivity contribution in [1.29, 1.82) is 0 Å². The van der Waals surface area contributed by atoms with Crippen molar-refractivity contribution in [3.63, 3.8) is 0 Å². The average molecular weight is 390 g/mol. The third-order valence-corrected chi connectivity index (χ3v) is 3.99. The van der Waals surface area contributed by atoms with Crippen LogP contribution in [0.4, 0.5) is 13.2 Å². The summed E-state index contributed by atoms with van der Waals surface area (Å²) >= 11 is 0. The molecule has 0 bridgehead atoms. The largest absolute Gasteiger partial charge is 0.433 e. The molecule has 142 valence electrons. The van der Waals surface area contributed by atoms with Crippen molar-refractivity contribution in [3.05, 3.63) is 64.6 Å². The van der Waals surface area contributed by atoms with Gasteiger partial charge in [-0.3, -0.25) is 9.59 Å². The van der Waals surface area contributed by atoms with Crippen LogP contribution in [0.15, 0.2) is 36.4 Å². The molecule has 0 spiro atoms. The highest BCUT2D eigenvalue weighted by atomic mass is 19.4. The van der Waals surface area contributed by atoms with E-state index in [-0.39, 0.29) is 27.5 Å². The summed E-state index contributed by atoms with van der Waals surface area (Å²) in [5.74, 6) is -2.99. The maximum atomic E-state index is 13.2. The molecule has 0 saturated carbocycles. The first kappa shape index (κ1) is 17.6. The first-order chi connectivity index (χ1) is 13.2. The Labute approximate surface area is 154 Å². The summed E-state index contributed by atoms with van der Waals surface area (Å²) in [6.45, 7) is 1.36. The van der Waals surface area contributed by atoms with Gasteiger partial charge in [-0.05, 0) is 25.1 Å². The van der Waals surface area contributed by atoms with Gasteiger partial charge in [-0.1, -0.05) is 17.2 Å². The quantitative estimate of drug-likeness (QED) is 0.624. The number of halogens is 3. The zero-order chi connectivity index (χ0) is 20.2. The molecule has 3 heterocycles. The number of nitrogens with zero attached hydrogens (tertiary/aromatic N) is 4. The monoisotopic (exact) mass is 390 g/mol. The molecule has 11 heteroatoms. The standard InChI is InChI=1S/C17H9F3N4O4/c1-8-6-12(17(18,19)20)23-13(21-8)7-11(22-23)16(27)28-24-14(25)9-4-2-3-5-10(9)15(24)26/h2-7H,1H3. The second-order valence-electron chi connectivity index (χ2n) is 5.91. The Kier molecular flexibility index (Phi) is 3.70. The summed E-state index contributed by atoms with van der Waals surface area (Å²) in [4.78, 5) is 45.4. The first-order valence-corrected chi connectivity index (χ1v) is 7.81. The van der Waals surface area contributed by atoms with Crippen LogP contribution in [0.2, 0.25) is 0 Å². The summed E-state index contributed by atoms with van der Waals surface area (Å²) in [6.07, 6.45) is -4.73. The van der Waals surface area contributed by atoms with Gasteiger partial charge in [0.05, 0.1) is 11.1 Å². The van der Waals surface area contributed by atoms with Crippen molar-refractivity contribution >= 4 is 23.4 Å². The van der Waals surface area contributed by atoms with Crippen LogP contribution in [0.25, 0.3) is 5.65 Å². The molecule has 3 aromatic rings. The zero-order valence-electron chi connectivity index (χ0n) is 14.0. The van der Waals surface area contributed by atoms with E-state index in [0.29, 0.717) is 4.52 Å². The highest BCUT2D eigenvalue weighted by Gasteiger charge is 2.40. The van der Waals surface area contributed by atoms with Gasteiger partial charge in [-0.25, -0.2) is 14.3 Å². The lowest BCUT2D eigenvalue weighted by molar-refractivity contribution is -0.142. The van der Waals surface area contributed by atoms with Gasteiger partial charge in [0.2, 0.25) is 0 Å². The van der Waals surface area contributed by atoms with Gasteiger partial charge in [0.25, 0.3) is 11.8 Å². The number of imide groups is 1. The summed E-state index contributed by atoms with van der Waals surface area (Å²) < 4.78 is 40.0.